The molecule has 0 bridgehead atoms. The molecule has 1 aromatic heterocycles. The Morgan fingerprint density at radius 1 is 0.971 bits per heavy atom. The minimum absolute atomic E-state index is 0.0895. The highest BCUT2D eigenvalue weighted by Gasteiger charge is 2.50. The number of benzene rings is 2. The molecule has 35 heavy (non-hydrogen) atoms. The quantitative estimate of drug-likeness (QED) is 0.336. The summed E-state index contributed by atoms with van der Waals surface area (Å²) in [7, 11) is -8.18. The van der Waals surface area contributed by atoms with Crippen LogP contribution in [0.5, 0.6) is 0 Å². The fourth-order valence-electron chi connectivity index (χ4n) is 4.73. The number of halogens is 3. The first-order valence-corrected chi connectivity index (χ1v) is 14.3. The molecule has 0 radical (unpaired) electrons. The summed E-state index contributed by atoms with van der Waals surface area (Å²) in [5.74, 6) is -2.46. The van der Waals surface area contributed by atoms with Crippen molar-refractivity contribution in [1.29, 1.82) is 0 Å². The summed E-state index contributed by atoms with van der Waals surface area (Å²) in [5, 5.41) is 11.9. The maximum Gasteiger partial charge on any atom is 0.308 e. The lowest BCUT2D eigenvalue weighted by Gasteiger charge is -2.40. The van der Waals surface area contributed by atoms with E-state index in [0.717, 1.165) is 24.4 Å². The van der Waals surface area contributed by atoms with E-state index in [-0.39, 0.29) is 51.7 Å². The van der Waals surface area contributed by atoms with Crippen LogP contribution in [0.1, 0.15) is 31.2 Å². The van der Waals surface area contributed by atoms with Gasteiger partial charge in [0.05, 0.1) is 10.6 Å². The van der Waals surface area contributed by atoms with E-state index in [9.17, 15) is 30.8 Å². The molecule has 1 saturated carbocycles. The summed E-state index contributed by atoms with van der Waals surface area (Å²) >= 11 is 5.90. The van der Waals surface area contributed by atoms with Crippen LogP contribution in [0, 0.1) is 22.8 Å². The fourth-order valence-corrected chi connectivity index (χ4v) is 8.76. The molecule has 11 heteroatoms. The van der Waals surface area contributed by atoms with Crippen molar-refractivity contribution in [2.24, 2.45) is 5.92 Å². The predicted octanol–water partition coefficient (Wildman–Crippen LogP) is 4.58. The molecule has 1 heterocycles. The minimum atomic E-state index is -4.23. The number of pyridine rings is 1. The molecule has 1 aliphatic carbocycles. The summed E-state index contributed by atoms with van der Waals surface area (Å²) in [6, 6.07) is 12.2. The van der Waals surface area contributed by atoms with Gasteiger partial charge in [0.2, 0.25) is 9.84 Å². The zero-order valence-electron chi connectivity index (χ0n) is 18.4. The van der Waals surface area contributed by atoms with Crippen molar-refractivity contribution in [2.45, 2.75) is 40.4 Å². The molecule has 0 spiro atoms. The van der Waals surface area contributed by atoms with Gasteiger partial charge in [-0.2, -0.15) is 4.73 Å². The summed E-state index contributed by atoms with van der Waals surface area (Å²) in [6.07, 6.45) is 1.08. The smallest absolute Gasteiger partial charge is 0.308 e. The lowest BCUT2D eigenvalue weighted by atomic mass is 9.78. The fraction of sp³-hybridized carbons (Fsp3) is 0.292. The van der Waals surface area contributed by atoms with Crippen molar-refractivity contribution in [3.05, 3.63) is 94.3 Å². The molecular formula is C24H22ClF2NO5S2. The second-order valence-electron chi connectivity index (χ2n) is 8.67. The Kier molecular flexibility index (Phi) is 6.91. The van der Waals surface area contributed by atoms with Gasteiger partial charge in [-0.05, 0) is 80.1 Å². The van der Waals surface area contributed by atoms with Crippen molar-refractivity contribution in [2.75, 3.05) is 5.75 Å². The van der Waals surface area contributed by atoms with Gasteiger partial charge in [-0.3, -0.25) is 0 Å². The molecule has 0 atom stereocenters. The van der Waals surface area contributed by atoms with Gasteiger partial charge >= 0.3 is 5.03 Å². The summed E-state index contributed by atoms with van der Waals surface area (Å²) in [5.41, 5.74) is -0.283. The van der Waals surface area contributed by atoms with Gasteiger partial charge in [-0.25, -0.2) is 25.6 Å². The molecule has 3 aromatic rings. The Labute approximate surface area is 207 Å². The largest absolute Gasteiger partial charge is 0.618 e. The average molecular weight is 542 g/mol. The van der Waals surface area contributed by atoms with Gasteiger partial charge in [0.25, 0.3) is 0 Å². The topological polar surface area (TPSA) is 95.2 Å². The highest BCUT2D eigenvalue weighted by Crippen LogP contribution is 2.49. The number of sulfone groups is 2. The van der Waals surface area contributed by atoms with E-state index in [1.807, 2.05) is 0 Å². The van der Waals surface area contributed by atoms with Crippen LogP contribution in [0.2, 0.25) is 5.02 Å². The molecule has 186 valence electrons. The van der Waals surface area contributed by atoms with Gasteiger partial charge < -0.3 is 5.21 Å². The molecule has 0 amide bonds. The van der Waals surface area contributed by atoms with Crippen LogP contribution in [-0.4, -0.2) is 22.6 Å². The van der Waals surface area contributed by atoms with Gasteiger partial charge in [0.1, 0.15) is 16.4 Å². The van der Waals surface area contributed by atoms with Crippen LogP contribution >= 0.6 is 11.6 Å². The normalized spacial score (nSPS) is 21.1. The van der Waals surface area contributed by atoms with Gasteiger partial charge in [0, 0.05) is 22.7 Å². The Morgan fingerprint density at radius 2 is 1.63 bits per heavy atom. The van der Waals surface area contributed by atoms with Gasteiger partial charge in [0.15, 0.2) is 16.0 Å². The third-order valence-electron chi connectivity index (χ3n) is 6.53. The summed E-state index contributed by atoms with van der Waals surface area (Å²) in [4.78, 5) is -0.0895. The molecular weight excluding hydrogens is 520 g/mol. The van der Waals surface area contributed by atoms with E-state index in [1.54, 1.807) is 0 Å². The second-order valence-corrected chi connectivity index (χ2v) is 13.3. The van der Waals surface area contributed by atoms with Crippen molar-refractivity contribution < 1.29 is 30.3 Å². The average Bonchev–Trinajstić information content (AvgIpc) is 2.81. The Balaban J connectivity index is 1.71. The molecule has 6 nitrogen and oxygen atoms in total. The van der Waals surface area contributed by atoms with E-state index < -0.39 is 42.0 Å². The van der Waals surface area contributed by atoms with Crippen LogP contribution in [0.25, 0.3) is 0 Å². The number of rotatable bonds is 6. The van der Waals surface area contributed by atoms with E-state index in [1.165, 1.54) is 42.5 Å². The summed E-state index contributed by atoms with van der Waals surface area (Å²) < 4.78 is 81.0. The molecule has 1 aliphatic rings. The molecule has 0 unspecified atom stereocenters. The third kappa shape index (κ3) is 4.79. The van der Waals surface area contributed by atoms with Crippen molar-refractivity contribution in [3.8, 4) is 0 Å². The number of hydrogen-bond donors (Lipinski definition) is 0. The van der Waals surface area contributed by atoms with Crippen molar-refractivity contribution in [1.82, 2.24) is 0 Å². The van der Waals surface area contributed by atoms with Crippen LogP contribution in [0.15, 0.2) is 76.8 Å². The number of nitrogens with zero attached hydrogens (tertiary/aromatic N) is 1. The molecule has 0 aliphatic heterocycles. The first-order valence-electron chi connectivity index (χ1n) is 10.8. The zero-order chi connectivity index (χ0) is 25.4. The lowest BCUT2D eigenvalue weighted by Crippen LogP contribution is -2.42. The Morgan fingerprint density at radius 3 is 2.26 bits per heavy atom. The molecule has 0 saturated heterocycles. The van der Waals surface area contributed by atoms with E-state index in [0.29, 0.717) is 5.02 Å². The molecule has 2 aromatic carbocycles. The molecule has 1 fully saturated rings. The SMILES string of the molecule is O=S(=O)(CC1CCC(c2cc(F)ccc2F)(S(=O)(=O)c2ccc(Cl)cc2)CC1)c1cccc[n+]1[O-]. The van der Waals surface area contributed by atoms with Crippen LogP contribution in [-0.2, 0) is 24.4 Å². The molecule has 4 rings (SSSR count). The second kappa shape index (κ2) is 9.48. The highest BCUT2D eigenvalue weighted by atomic mass is 35.5. The maximum absolute atomic E-state index is 15.0. The van der Waals surface area contributed by atoms with Crippen LogP contribution in [0.3, 0.4) is 0 Å². The van der Waals surface area contributed by atoms with E-state index >= 15 is 0 Å². The number of hydrogen-bond acceptors (Lipinski definition) is 5. The van der Waals surface area contributed by atoms with E-state index in [2.05, 4.69) is 0 Å². The van der Waals surface area contributed by atoms with Gasteiger partial charge in [-0.15, -0.1) is 0 Å². The van der Waals surface area contributed by atoms with Crippen LogP contribution in [0.4, 0.5) is 8.78 Å². The summed E-state index contributed by atoms with van der Waals surface area (Å²) in [6.45, 7) is 0. The first kappa shape index (κ1) is 25.5. The highest BCUT2D eigenvalue weighted by molar-refractivity contribution is 7.92. The molecule has 0 N–H and O–H groups in total. The lowest BCUT2D eigenvalue weighted by molar-refractivity contribution is -0.646. The van der Waals surface area contributed by atoms with E-state index in [4.69, 9.17) is 11.6 Å². The van der Waals surface area contributed by atoms with Crippen LogP contribution < -0.4 is 4.73 Å². The monoisotopic (exact) mass is 541 g/mol. The standard InChI is InChI=1S/C24H22ClF2NO5S2/c25-18-4-7-20(8-5-18)35(32,33)24(21-15-19(26)6-9-22(21)27)12-10-17(11-13-24)16-34(30,31)23-3-1-2-14-28(23)29/h1-9,14-15,17H,10-13,16H2. The maximum atomic E-state index is 15.0. The number of aromatic nitrogens is 1. The third-order valence-corrected chi connectivity index (χ3v) is 11.2. The Hall–Kier alpha value is -2.56. The first-order chi connectivity index (χ1) is 16.5. The van der Waals surface area contributed by atoms with Gasteiger partial charge in [-0.1, -0.05) is 11.6 Å². The Bertz CT molecular complexity index is 1450. The zero-order valence-corrected chi connectivity index (χ0v) is 20.8. The predicted molar refractivity (Wildman–Crippen MR) is 126 cm³/mol. The van der Waals surface area contributed by atoms with Crippen molar-refractivity contribution >= 4 is 31.3 Å². The minimum Gasteiger partial charge on any atom is -0.618 e. The van der Waals surface area contributed by atoms with Crippen molar-refractivity contribution in [3.63, 3.8) is 0 Å².